The molecule has 0 radical (unpaired) electrons. The molecule has 0 aliphatic carbocycles. The minimum absolute atomic E-state index is 0.113. The quantitative estimate of drug-likeness (QED) is 0.473. The van der Waals surface area contributed by atoms with Crippen LogP contribution in [0.4, 0.5) is 0 Å². The van der Waals surface area contributed by atoms with Crippen molar-refractivity contribution in [2.45, 2.75) is 39.3 Å². The molecule has 3 aromatic rings. The zero-order chi connectivity index (χ0) is 20.7. The molecule has 0 N–H and O–H groups in total. The average Bonchev–Trinajstić information content (AvgIpc) is 3.32. The number of nitrogens with zero attached hydrogens (tertiary/aromatic N) is 2. The SMILES string of the molecule is COc1ccc(C(=O)[C@@H](C)OC(=O)c2sc3nc4n(c(=O)c3c2C)CCC4)cc1. The number of Topliss-reactive ketones (excluding diaryl/α,β-unsaturated/α-hetero) is 1. The van der Waals surface area contributed by atoms with Gasteiger partial charge >= 0.3 is 5.97 Å². The molecule has 29 heavy (non-hydrogen) atoms. The summed E-state index contributed by atoms with van der Waals surface area (Å²) in [5.74, 6) is 0.464. The number of benzene rings is 1. The predicted molar refractivity (Wildman–Crippen MR) is 109 cm³/mol. The van der Waals surface area contributed by atoms with Gasteiger partial charge < -0.3 is 9.47 Å². The van der Waals surface area contributed by atoms with Gasteiger partial charge in [0.1, 0.15) is 21.3 Å². The standard InChI is InChI=1S/C21H20N2O5S/c1-11-16-19(22-15-5-4-10-23(15)20(16)25)29-18(11)21(26)28-12(2)17(24)13-6-8-14(27-3)9-7-13/h6-9,12H,4-5,10H2,1-3H3/t12-/m1/s1. The van der Waals surface area contributed by atoms with Gasteiger partial charge in [-0.1, -0.05) is 0 Å². The normalized spacial score (nSPS) is 13.9. The molecule has 1 aliphatic rings. The van der Waals surface area contributed by atoms with Gasteiger partial charge in [0.05, 0.1) is 12.5 Å². The number of thiophene rings is 1. The largest absolute Gasteiger partial charge is 0.497 e. The van der Waals surface area contributed by atoms with Gasteiger partial charge in [-0.05, 0) is 50.1 Å². The van der Waals surface area contributed by atoms with Crippen molar-refractivity contribution in [2.75, 3.05) is 7.11 Å². The van der Waals surface area contributed by atoms with Crippen molar-refractivity contribution in [1.29, 1.82) is 0 Å². The van der Waals surface area contributed by atoms with E-state index in [1.165, 1.54) is 6.92 Å². The summed E-state index contributed by atoms with van der Waals surface area (Å²) in [6, 6.07) is 6.61. The third-order valence-electron chi connectivity index (χ3n) is 5.12. The maximum atomic E-state index is 12.8. The number of ketones is 1. The number of hydrogen-bond donors (Lipinski definition) is 0. The third kappa shape index (κ3) is 3.33. The fraction of sp³-hybridized carbons (Fsp3) is 0.333. The monoisotopic (exact) mass is 412 g/mol. The second-order valence-corrected chi connectivity index (χ2v) is 7.96. The smallest absolute Gasteiger partial charge is 0.349 e. The van der Waals surface area contributed by atoms with Crippen molar-refractivity contribution < 1.29 is 19.1 Å². The molecule has 0 spiro atoms. The Balaban J connectivity index is 1.58. The molecule has 1 aliphatic heterocycles. The molecule has 7 nitrogen and oxygen atoms in total. The average molecular weight is 412 g/mol. The lowest BCUT2D eigenvalue weighted by Crippen LogP contribution is -2.24. The Morgan fingerprint density at radius 3 is 2.66 bits per heavy atom. The van der Waals surface area contributed by atoms with Crippen LogP contribution in [0.25, 0.3) is 10.2 Å². The summed E-state index contributed by atoms with van der Waals surface area (Å²) < 4.78 is 12.2. The Kier molecular flexibility index (Phi) is 4.96. The summed E-state index contributed by atoms with van der Waals surface area (Å²) in [6.07, 6.45) is 0.702. The zero-order valence-corrected chi connectivity index (χ0v) is 17.2. The van der Waals surface area contributed by atoms with E-state index in [1.54, 1.807) is 42.9 Å². The molecular weight excluding hydrogens is 392 g/mol. The van der Waals surface area contributed by atoms with E-state index < -0.39 is 12.1 Å². The van der Waals surface area contributed by atoms with Gasteiger partial charge in [0.25, 0.3) is 5.56 Å². The van der Waals surface area contributed by atoms with Crippen molar-refractivity contribution in [3.8, 4) is 5.75 Å². The van der Waals surface area contributed by atoms with Crippen LogP contribution in [0.15, 0.2) is 29.1 Å². The van der Waals surface area contributed by atoms with Crippen molar-refractivity contribution >= 4 is 33.3 Å². The zero-order valence-electron chi connectivity index (χ0n) is 16.4. The molecule has 0 unspecified atom stereocenters. The Hall–Kier alpha value is -3.00. The van der Waals surface area contributed by atoms with Crippen molar-refractivity contribution in [3.63, 3.8) is 0 Å². The Bertz CT molecular complexity index is 1180. The van der Waals surface area contributed by atoms with Crippen molar-refractivity contribution in [3.05, 3.63) is 56.4 Å². The summed E-state index contributed by atoms with van der Waals surface area (Å²) in [7, 11) is 1.55. The predicted octanol–water partition coefficient (Wildman–Crippen LogP) is 3.15. The summed E-state index contributed by atoms with van der Waals surface area (Å²) in [5.41, 5.74) is 0.868. The number of fused-ring (bicyclic) bond motifs is 2. The second-order valence-electron chi connectivity index (χ2n) is 6.97. The number of methoxy groups -OCH3 is 1. The molecule has 0 fully saturated rings. The highest BCUT2D eigenvalue weighted by Crippen LogP contribution is 2.29. The lowest BCUT2D eigenvalue weighted by atomic mass is 10.1. The van der Waals surface area contributed by atoms with E-state index in [4.69, 9.17) is 9.47 Å². The van der Waals surface area contributed by atoms with Crippen LogP contribution in [-0.2, 0) is 17.7 Å². The maximum absolute atomic E-state index is 12.8. The number of esters is 1. The summed E-state index contributed by atoms with van der Waals surface area (Å²) in [6.45, 7) is 3.91. The minimum Gasteiger partial charge on any atom is -0.497 e. The molecule has 1 aromatic carbocycles. The van der Waals surface area contributed by atoms with E-state index in [0.717, 1.165) is 30.0 Å². The number of hydrogen-bond acceptors (Lipinski definition) is 7. The number of rotatable bonds is 5. The van der Waals surface area contributed by atoms with Gasteiger partial charge in [0.2, 0.25) is 5.78 Å². The number of aromatic nitrogens is 2. The van der Waals surface area contributed by atoms with E-state index in [0.29, 0.717) is 38.5 Å². The van der Waals surface area contributed by atoms with Gasteiger partial charge in [-0.2, -0.15) is 0 Å². The van der Waals surface area contributed by atoms with Crippen molar-refractivity contribution in [2.24, 2.45) is 0 Å². The molecule has 4 rings (SSSR count). The van der Waals surface area contributed by atoms with Crippen LogP contribution in [-0.4, -0.2) is 34.5 Å². The van der Waals surface area contributed by atoms with Crippen LogP contribution in [0, 0.1) is 6.92 Å². The van der Waals surface area contributed by atoms with E-state index >= 15 is 0 Å². The maximum Gasteiger partial charge on any atom is 0.349 e. The first-order valence-electron chi connectivity index (χ1n) is 9.32. The van der Waals surface area contributed by atoms with Crippen LogP contribution in [0.1, 0.15) is 44.8 Å². The summed E-state index contributed by atoms with van der Waals surface area (Å²) >= 11 is 1.14. The number of carbonyl (C=O) groups is 2. The Labute approximate surface area is 170 Å². The molecule has 0 bridgehead atoms. The van der Waals surface area contributed by atoms with E-state index in [-0.39, 0.29) is 11.3 Å². The number of carbonyl (C=O) groups excluding carboxylic acids is 2. The fourth-order valence-corrected chi connectivity index (χ4v) is 4.60. The van der Waals surface area contributed by atoms with Crippen LogP contribution >= 0.6 is 11.3 Å². The third-order valence-corrected chi connectivity index (χ3v) is 6.29. The minimum atomic E-state index is -0.959. The molecule has 0 amide bonds. The van der Waals surface area contributed by atoms with Gasteiger partial charge in [-0.3, -0.25) is 14.2 Å². The summed E-state index contributed by atoms with van der Waals surface area (Å²) in [4.78, 5) is 43.5. The van der Waals surface area contributed by atoms with Gasteiger partial charge in [-0.15, -0.1) is 11.3 Å². The first kappa shape index (κ1) is 19.3. The Morgan fingerprint density at radius 1 is 1.24 bits per heavy atom. The lowest BCUT2D eigenvalue weighted by molar-refractivity contribution is 0.0323. The van der Waals surface area contributed by atoms with Crippen LogP contribution in [0.3, 0.4) is 0 Å². The first-order chi connectivity index (χ1) is 13.9. The molecule has 0 saturated carbocycles. The molecule has 3 heterocycles. The topological polar surface area (TPSA) is 87.5 Å². The number of ether oxygens (including phenoxy) is 2. The van der Waals surface area contributed by atoms with Gasteiger partial charge in [-0.25, -0.2) is 9.78 Å². The highest BCUT2D eigenvalue weighted by atomic mass is 32.1. The highest BCUT2D eigenvalue weighted by Gasteiger charge is 2.26. The summed E-state index contributed by atoms with van der Waals surface area (Å²) in [5, 5.41) is 0.460. The van der Waals surface area contributed by atoms with Crippen LogP contribution < -0.4 is 10.3 Å². The molecule has 0 saturated heterocycles. The van der Waals surface area contributed by atoms with Crippen LogP contribution in [0.5, 0.6) is 5.75 Å². The fourth-order valence-electron chi connectivity index (χ4n) is 3.53. The highest BCUT2D eigenvalue weighted by molar-refractivity contribution is 7.20. The molecule has 1 atom stereocenters. The number of aryl methyl sites for hydroxylation is 2. The Morgan fingerprint density at radius 2 is 1.97 bits per heavy atom. The van der Waals surface area contributed by atoms with Crippen LogP contribution in [0.2, 0.25) is 0 Å². The lowest BCUT2D eigenvalue weighted by Gasteiger charge is -2.12. The second kappa shape index (κ2) is 7.44. The molecular formula is C21H20N2O5S. The van der Waals surface area contributed by atoms with Gasteiger partial charge in [0, 0.05) is 18.5 Å². The first-order valence-corrected chi connectivity index (χ1v) is 10.1. The van der Waals surface area contributed by atoms with E-state index in [2.05, 4.69) is 4.98 Å². The van der Waals surface area contributed by atoms with E-state index in [1.807, 2.05) is 0 Å². The molecule has 150 valence electrons. The molecule has 2 aromatic heterocycles. The van der Waals surface area contributed by atoms with E-state index in [9.17, 15) is 14.4 Å². The van der Waals surface area contributed by atoms with Crippen molar-refractivity contribution in [1.82, 2.24) is 9.55 Å². The molecule has 8 heteroatoms. The van der Waals surface area contributed by atoms with Gasteiger partial charge in [0.15, 0.2) is 6.10 Å².